The topological polar surface area (TPSA) is 47.6 Å². The molecule has 1 aromatic rings. The molecule has 106 valence electrons. The zero-order valence-electron chi connectivity index (χ0n) is 11.0. The van der Waals surface area contributed by atoms with Crippen molar-refractivity contribution in [1.82, 2.24) is 0 Å². The average Bonchev–Trinajstić information content (AvgIpc) is 2.35. The van der Waals surface area contributed by atoms with Gasteiger partial charge in [-0.2, -0.15) is 0 Å². The van der Waals surface area contributed by atoms with Crippen LogP contribution < -0.4 is 5.32 Å². The number of rotatable bonds is 7. The third-order valence-corrected chi connectivity index (χ3v) is 3.06. The van der Waals surface area contributed by atoms with Gasteiger partial charge in [0.2, 0.25) is 0 Å². The molecule has 4 nitrogen and oxygen atoms in total. The number of hydrogen-bond donors (Lipinski definition) is 1. The van der Waals surface area contributed by atoms with Crippen LogP contribution in [-0.2, 0) is 14.3 Å². The number of ether oxygens (including phenoxy) is 2. The lowest BCUT2D eigenvalue weighted by atomic mass is 10.2. The van der Waals surface area contributed by atoms with Crippen LogP contribution in [0.5, 0.6) is 0 Å². The molecule has 1 aromatic carbocycles. The number of carbonyl (C=O) groups excluding carboxylic acids is 1. The molecule has 0 aromatic heterocycles. The van der Waals surface area contributed by atoms with Crippen molar-refractivity contribution in [2.24, 2.45) is 0 Å². The lowest BCUT2D eigenvalue weighted by molar-refractivity contribution is -0.148. The second-order valence-electron chi connectivity index (χ2n) is 3.87. The predicted octanol–water partition coefficient (Wildman–Crippen LogP) is 3.29. The summed E-state index contributed by atoms with van der Waals surface area (Å²) < 4.78 is 9.88. The second-order valence-corrected chi connectivity index (χ2v) is 4.68. The van der Waals surface area contributed by atoms with Crippen molar-refractivity contribution < 1.29 is 14.3 Å². The summed E-state index contributed by atoms with van der Waals surface area (Å²) in [6.45, 7) is 4.86. The van der Waals surface area contributed by atoms with Crippen LogP contribution in [-0.4, -0.2) is 32.3 Å². The first-order valence-corrected chi connectivity index (χ1v) is 6.73. The third kappa shape index (κ3) is 5.68. The van der Waals surface area contributed by atoms with Crippen LogP contribution in [0.2, 0.25) is 10.0 Å². The molecule has 0 aliphatic heterocycles. The van der Waals surface area contributed by atoms with Crippen LogP contribution in [0.25, 0.3) is 0 Å². The molecule has 6 heteroatoms. The van der Waals surface area contributed by atoms with Gasteiger partial charge < -0.3 is 14.8 Å². The summed E-state index contributed by atoms with van der Waals surface area (Å²) in [7, 11) is 0. The summed E-state index contributed by atoms with van der Waals surface area (Å²) in [5.41, 5.74) is 1.67. The zero-order valence-corrected chi connectivity index (χ0v) is 12.5. The molecule has 0 saturated heterocycles. The van der Waals surface area contributed by atoms with Crippen molar-refractivity contribution in [2.45, 2.75) is 13.8 Å². The summed E-state index contributed by atoms with van der Waals surface area (Å²) in [5.74, 6) is -0.362. The fourth-order valence-electron chi connectivity index (χ4n) is 1.40. The van der Waals surface area contributed by atoms with Crippen LogP contribution in [0.15, 0.2) is 12.1 Å². The highest BCUT2D eigenvalue weighted by Gasteiger charge is 2.05. The van der Waals surface area contributed by atoms with Crippen LogP contribution in [0.4, 0.5) is 5.69 Å². The molecule has 0 aliphatic carbocycles. The SMILES string of the molecule is CCOC(=O)COCCNc1cc(Cl)c(C)cc1Cl. The monoisotopic (exact) mass is 305 g/mol. The Balaban J connectivity index is 2.30. The molecular weight excluding hydrogens is 289 g/mol. The van der Waals surface area contributed by atoms with E-state index in [1.54, 1.807) is 19.1 Å². The molecule has 1 N–H and O–H groups in total. The lowest BCUT2D eigenvalue weighted by Gasteiger charge is -2.10. The molecule has 0 unspecified atom stereocenters. The van der Waals surface area contributed by atoms with Crippen LogP contribution in [0, 0.1) is 6.92 Å². The maximum atomic E-state index is 11.0. The average molecular weight is 306 g/mol. The Labute approximate surface area is 123 Å². The van der Waals surface area contributed by atoms with Gasteiger partial charge in [0.05, 0.1) is 23.9 Å². The van der Waals surface area contributed by atoms with Gasteiger partial charge in [-0.05, 0) is 31.5 Å². The molecule has 0 radical (unpaired) electrons. The number of esters is 1. The Morgan fingerprint density at radius 3 is 2.74 bits per heavy atom. The van der Waals surface area contributed by atoms with Gasteiger partial charge in [-0.15, -0.1) is 0 Å². The van der Waals surface area contributed by atoms with Crippen molar-refractivity contribution >= 4 is 34.9 Å². The highest BCUT2D eigenvalue weighted by molar-refractivity contribution is 6.35. The van der Waals surface area contributed by atoms with E-state index < -0.39 is 0 Å². The lowest BCUT2D eigenvalue weighted by Crippen LogP contribution is -2.16. The maximum Gasteiger partial charge on any atom is 0.332 e. The predicted molar refractivity (Wildman–Crippen MR) is 77.1 cm³/mol. The number of aryl methyl sites for hydroxylation is 1. The number of benzene rings is 1. The Morgan fingerprint density at radius 1 is 1.32 bits per heavy atom. The van der Waals surface area contributed by atoms with Gasteiger partial charge in [-0.25, -0.2) is 4.79 Å². The standard InChI is InChI=1S/C13H17Cl2NO3/c1-3-19-13(17)8-18-5-4-16-12-7-10(14)9(2)6-11(12)15/h6-7,16H,3-5,8H2,1-2H3. The van der Waals surface area contributed by atoms with E-state index in [1.807, 2.05) is 6.92 Å². The normalized spacial score (nSPS) is 10.3. The summed E-state index contributed by atoms with van der Waals surface area (Å²) >= 11 is 12.1. The van der Waals surface area contributed by atoms with Crippen molar-refractivity contribution in [1.29, 1.82) is 0 Å². The third-order valence-electron chi connectivity index (χ3n) is 2.34. The minimum Gasteiger partial charge on any atom is -0.464 e. The molecule has 0 amide bonds. The van der Waals surface area contributed by atoms with E-state index in [2.05, 4.69) is 5.32 Å². The van der Waals surface area contributed by atoms with Crippen LogP contribution in [0.1, 0.15) is 12.5 Å². The summed E-state index contributed by atoms with van der Waals surface area (Å²) in [4.78, 5) is 11.0. The maximum absolute atomic E-state index is 11.0. The minimum atomic E-state index is -0.362. The number of hydrogen-bond acceptors (Lipinski definition) is 4. The van der Waals surface area contributed by atoms with Gasteiger partial charge in [0.15, 0.2) is 0 Å². The number of carbonyl (C=O) groups is 1. The van der Waals surface area contributed by atoms with Gasteiger partial charge >= 0.3 is 5.97 Å². The molecule has 0 heterocycles. The minimum absolute atomic E-state index is 0.0437. The molecular formula is C13H17Cl2NO3. The van der Waals surface area contributed by atoms with Gasteiger partial charge in [-0.1, -0.05) is 23.2 Å². The molecule has 0 aliphatic rings. The van der Waals surface area contributed by atoms with E-state index in [-0.39, 0.29) is 12.6 Å². The van der Waals surface area contributed by atoms with E-state index in [1.165, 1.54) is 0 Å². The second kappa shape index (κ2) is 8.25. The highest BCUT2D eigenvalue weighted by atomic mass is 35.5. The summed E-state index contributed by atoms with van der Waals surface area (Å²) in [6.07, 6.45) is 0. The van der Waals surface area contributed by atoms with Crippen LogP contribution in [0.3, 0.4) is 0 Å². The Bertz CT molecular complexity index is 438. The zero-order chi connectivity index (χ0) is 14.3. The molecule has 0 spiro atoms. The van der Waals surface area contributed by atoms with E-state index in [9.17, 15) is 4.79 Å². The quantitative estimate of drug-likeness (QED) is 0.620. The van der Waals surface area contributed by atoms with Gasteiger partial charge in [0.25, 0.3) is 0 Å². The van der Waals surface area contributed by atoms with E-state index in [4.69, 9.17) is 32.7 Å². The summed E-state index contributed by atoms with van der Waals surface area (Å²) in [6, 6.07) is 3.57. The van der Waals surface area contributed by atoms with Crippen molar-refractivity contribution in [2.75, 3.05) is 31.7 Å². The molecule has 1 rings (SSSR count). The summed E-state index contributed by atoms with van der Waals surface area (Å²) in [5, 5.41) is 4.35. The Hall–Kier alpha value is -0.970. The fourth-order valence-corrected chi connectivity index (χ4v) is 1.85. The first-order chi connectivity index (χ1) is 9.04. The number of nitrogens with one attached hydrogen (secondary N) is 1. The molecule has 0 saturated carbocycles. The first-order valence-electron chi connectivity index (χ1n) is 5.97. The van der Waals surface area contributed by atoms with Gasteiger partial charge in [-0.3, -0.25) is 0 Å². The molecule has 19 heavy (non-hydrogen) atoms. The highest BCUT2D eigenvalue weighted by Crippen LogP contribution is 2.28. The van der Waals surface area contributed by atoms with E-state index in [0.717, 1.165) is 11.3 Å². The van der Waals surface area contributed by atoms with Crippen molar-refractivity contribution in [3.8, 4) is 0 Å². The van der Waals surface area contributed by atoms with E-state index >= 15 is 0 Å². The van der Waals surface area contributed by atoms with Crippen molar-refractivity contribution in [3.63, 3.8) is 0 Å². The van der Waals surface area contributed by atoms with Crippen molar-refractivity contribution in [3.05, 3.63) is 27.7 Å². The largest absolute Gasteiger partial charge is 0.464 e. The number of halogens is 2. The van der Waals surface area contributed by atoms with Gasteiger partial charge in [0, 0.05) is 11.6 Å². The van der Waals surface area contributed by atoms with E-state index in [0.29, 0.717) is 29.8 Å². The molecule has 0 fully saturated rings. The molecule has 0 bridgehead atoms. The Kier molecular flexibility index (Phi) is 6.99. The molecule has 0 atom stereocenters. The fraction of sp³-hybridized carbons (Fsp3) is 0.462. The first kappa shape index (κ1) is 16.1. The smallest absolute Gasteiger partial charge is 0.332 e. The van der Waals surface area contributed by atoms with Gasteiger partial charge in [0.1, 0.15) is 6.61 Å². The van der Waals surface area contributed by atoms with Crippen LogP contribution >= 0.6 is 23.2 Å². The number of anilines is 1. The Morgan fingerprint density at radius 2 is 2.05 bits per heavy atom.